The number of hydrogen-bond acceptors (Lipinski definition) is 8. The van der Waals surface area contributed by atoms with Crippen molar-refractivity contribution in [2.75, 3.05) is 13.4 Å². The number of pyridine rings is 1. The van der Waals surface area contributed by atoms with Crippen molar-refractivity contribution in [2.45, 2.75) is 30.4 Å². The molecule has 0 bridgehead atoms. The molecular formula is C22H18N2O5S. The molecule has 1 fully saturated rings. The molecule has 0 radical (unpaired) electrons. The molecule has 30 heavy (non-hydrogen) atoms. The highest BCUT2D eigenvalue weighted by molar-refractivity contribution is 7.98. The summed E-state index contributed by atoms with van der Waals surface area (Å²) in [6.07, 6.45) is 3.87. The summed E-state index contributed by atoms with van der Waals surface area (Å²) in [4.78, 5) is 29.3. The summed E-state index contributed by atoms with van der Waals surface area (Å²) in [5.41, 5.74) is 1.52. The SMILES string of the molecule is COc1ccc2c(COC(=O)c3cc(C4CC4)nc(SC)c3C#N)cc(=O)oc2c1. The highest BCUT2D eigenvalue weighted by atomic mass is 32.2. The van der Waals surface area contributed by atoms with E-state index in [1.807, 2.05) is 6.26 Å². The Balaban J connectivity index is 1.65. The summed E-state index contributed by atoms with van der Waals surface area (Å²) < 4.78 is 15.9. The van der Waals surface area contributed by atoms with Crippen molar-refractivity contribution < 1.29 is 18.7 Å². The smallest absolute Gasteiger partial charge is 0.339 e. The van der Waals surface area contributed by atoms with Gasteiger partial charge in [0, 0.05) is 34.7 Å². The third-order valence-corrected chi connectivity index (χ3v) is 5.60. The molecule has 2 aromatic heterocycles. The Morgan fingerprint density at radius 2 is 2.13 bits per heavy atom. The minimum absolute atomic E-state index is 0.131. The number of nitrogens with zero attached hydrogens (tertiary/aromatic N) is 2. The predicted octanol–water partition coefficient (Wildman–Crippen LogP) is 4.02. The van der Waals surface area contributed by atoms with Gasteiger partial charge >= 0.3 is 11.6 Å². The van der Waals surface area contributed by atoms with Crippen LogP contribution in [0.5, 0.6) is 5.75 Å². The van der Waals surface area contributed by atoms with Gasteiger partial charge in [0.25, 0.3) is 0 Å². The number of hydrogen-bond donors (Lipinski definition) is 0. The molecule has 152 valence electrons. The monoisotopic (exact) mass is 422 g/mol. The molecule has 0 saturated heterocycles. The Bertz CT molecular complexity index is 1240. The van der Waals surface area contributed by atoms with Gasteiger partial charge in [-0.25, -0.2) is 14.6 Å². The average molecular weight is 422 g/mol. The van der Waals surface area contributed by atoms with Crippen molar-refractivity contribution >= 4 is 28.7 Å². The van der Waals surface area contributed by atoms with Gasteiger partial charge in [0.05, 0.1) is 18.2 Å². The summed E-state index contributed by atoms with van der Waals surface area (Å²) in [6, 6.07) is 10.1. The number of benzene rings is 1. The summed E-state index contributed by atoms with van der Waals surface area (Å²) in [7, 11) is 1.52. The van der Waals surface area contributed by atoms with E-state index in [-0.39, 0.29) is 17.7 Å². The lowest BCUT2D eigenvalue weighted by molar-refractivity contribution is 0.0472. The Morgan fingerprint density at radius 3 is 2.80 bits per heavy atom. The number of aromatic nitrogens is 1. The first-order valence-corrected chi connectivity index (χ1v) is 10.5. The van der Waals surface area contributed by atoms with Crippen LogP contribution in [0.25, 0.3) is 11.0 Å². The van der Waals surface area contributed by atoms with E-state index in [0.717, 1.165) is 18.5 Å². The number of thioether (sulfide) groups is 1. The van der Waals surface area contributed by atoms with Gasteiger partial charge in [-0.3, -0.25) is 0 Å². The van der Waals surface area contributed by atoms with Crippen LogP contribution in [0.4, 0.5) is 0 Å². The number of rotatable bonds is 6. The first-order valence-electron chi connectivity index (χ1n) is 9.31. The van der Waals surface area contributed by atoms with Crippen LogP contribution in [0.1, 0.15) is 45.9 Å². The Labute approximate surface area is 176 Å². The molecule has 2 heterocycles. The zero-order valence-electron chi connectivity index (χ0n) is 16.4. The van der Waals surface area contributed by atoms with Crippen LogP contribution < -0.4 is 10.4 Å². The average Bonchev–Trinajstić information content (AvgIpc) is 3.61. The molecule has 8 heteroatoms. The number of ether oxygens (including phenoxy) is 2. The Kier molecular flexibility index (Phi) is 5.46. The number of nitriles is 1. The van der Waals surface area contributed by atoms with Gasteiger partial charge in [0.15, 0.2) is 0 Å². The number of esters is 1. The Morgan fingerprint density at radius 1 is 1.33 bits per heavy atom. The van der Waals surface area contributed by atoms with Crippen LogP contribution >= 0.6 is 11.8 Å². The molecule has 0 amide bonds. The van der Waals surface area contributed by atoms with Crippen molar-refractivity contribution in [3.05, 3.63) is 63.1 Å². The van der Waals surface area contributed by atoms with E-state index in [4.69, 9.17) is 13.9 Å². The van der Waals surface area contributed by atoms with Crippen LogP contribution in [0, 0.1) is 11.3 Å². The zero-order valence-corrected chi connectivity index (χ0v) is 17.2. The highest BCUT2D eigenvalue weighted by Crippen LogP contribution is 2.40. The fourth-order valence-electron chi connectivity index (χ4n) is 3.22. The first kappa shape index (κ1) is 20.0. The summed E-state index contributed by atoms with van der Waals surface area (Å²) in [5, 5.41) is 10.7. The lowest BCUT2D eigenvalue weighted by Gasteiger charge is -2.11. The maximum atomic E-state index is 12.9. The highest BCUT2D eigenvalue weighted by Gasteiger charge is 2.29. The van der Waals surface area contributed by atoms with E-state index in [1.54, 1.807) is 24.3 Å². The van der Waals surface area contributed by atoms with E-state index >= 15 is 0 Å². The van der Waals surface area contributed by atoms with E-state index in [9.17, 15) is 14.9 Å². The van der Waals surface area contributed by atoms with Gasteiger partial charge in [-0.2, -0.15) is 5.26 Å². The van der Waals surface area contributed by atoms with Crippen LogP contribution in [-0.2, 0) is 11.3 Å². The topological polar surface area (TPSA) is 102 Å². The third kappa shape index (κ3) is 3.89. The molecule has 1 saturated carbocycles. The molecule has 0 atom stereocenters. The van der Waals surface area contributed by atoms with Gasteiger partial charge in [-0.1, -0.05) is 0 Å². The van der Waals surface area contributed by atoms with E-state index < -0.39 is 11.6 Å². The fourth-order valence-corrected chi connectivity index (χ4v) is 3.78. The van der Waals surface area contributed by atoms with Crippen molar-refractivity contribution in [3.8, 4) is 11.8 Å². The first-order chi connectivity index (χ1) is 14.5. The molecule has 0 N–H and O–H groups in total. The second kappa shape index (κ2) is 8.20. The van der Waals surface area contributed by atoms with Crippen LogP contribution in [-0.4, -0.2) is 24.3 Å². The summed E-state index contributed by atoms with van der Waals surface area (Å²) in [6.45, 7) is -0.131. The molecule has 0 aliphatic heterocycles. The minimum atomic E-state index is -0.624. The molecule has 0 spiro atoms. The Hall–Kier alpha value is -3.31. The number of fused-ring (bicyclic) bond motifs is 1. The fraction of sp³-hybridized carbons (Fsp3) is 0.273. The van der Waals surface area contributed by atoms with Gasteiger partial charge in [-0.05, 0) is 37.3 Å². The van der Waals surface area contributed by atoms with Crippen molar-refractivity contribution in [3.63, 3.8) is 0 Å². The van der Waals surface area contributed by atoms with Crippen LogP contribution in [0.3, 0.4) is 0 Å². The maximum Gasteiger partial charge on any atom is 0.339 e. The molecule has 4 rings (SSSR count). The molecule has 3 aromatic rings. The quantitative estimate of drug-likeness (QED) is 0.333. The van der Waals surface area contributed by atoms with Crippen LogP contribution in [0.15, 0.2) is 44.6 Å². The molecular weight excluding hydrogens is 404 g/mol. The standard InChI is InChI=1S/C22H18N2O5S/c1-27-14-5-6-15-13(7-20(25)29-19(15)8-14)11-28-22(26)16-9-18(12-3-4-12)24-21(30-2)17(16)10-23/h5-9,12H,3-4,11H2,1-2H3. The van der Waals surface area contributed by atoms with Gasteiger partial charge in [0.1, 0.15) is 29.0 Å². The normalized spacial score (nSPS) is 13.1. The lowest BCUT2D eigenvalue weighted by Crippen LogP contribution is -2.11. The van der Waals surface area contributed by atoms with Crippen molar-refractivity contribution in [1.29, 1.82) is 5.26 Å². The van der Waals surface area contributed by atoms with Gasteiger partial charge in [-0.15, -0.1) is 11.8 Å². The third-order valence-electron chi connectivity index (χ3n) is 4.92. The van der Waals surface area contributed by atoms with Crippen molar-refractivity contribution in [2.24, 2.45) is 0 Å². The summed E-state index contributed by atoms with van der Waals surface area (Å²) in [5.74, 6) is 0.251. The largest absolute Gasteiger partial charge is 0.497 e. The number of carbonyl (C=O) groups is 1. The summed E-state index contributed by atoms with van der Waals surface area (Å²) >= 11 is 1.33. The molecule has 1 aromatic carbocycles. The maximum absolute atomic E-state index is 12.9. The number of methoxy groups -OCH3 is 1. The molecule has 0 unspecified atom stereocenters. The number of carbonyl (C=O) groups excluding carboxylic acids is 1. The molecule has 7 nitrogen and oxygen atoms in total. The minimum Gasteiger partial charge on any atom is -0.497 e. The molecule has 1 aliphatic carbocycles. The van der Waals surface area contributed by atoms with Crippen LogP contribution in [0.2, 0.25) is 0 Å². The van der Waals surface area contributed by atoms with E-state index in [1.165, 1.54) is 24.9 Å². The zero-order chi connectivity index (χ0) is 21.3. The lowest BCUT2D eigenvalue weighted by atomic mass is 10.1. The molecule has 1 aliphatic rings. The van der Waals surface area contributed by atoms with Gasteiger partial charge < -0.3 is 13.9 Å². The predicted molar refractivity (Wildman–Crippen MR) is 111 cm³/mol. The van der Waals surface area contributed by atoms with Gasteiger partial charge in [0.2, 0.25) is 0 Å². The second-order valence-electron chi connectivity index (χ2n) is 6.89. The van der Waals surface area contributed by atoms with Crippen molar-refractivity contribution in [1.82, 2.24) is 4.98 Å². The second-order valence-corrected chi connectivity index (χ2v) is 7.69. The van der Waals surface area contributed by atoms with E-state index in [0.29, 0.717) is 33.2 Å². The van der Waals surface area contributed by atoms with E-state index in [2.05, 4.69) is 11.1 Å².